The number of aryl methyl sites for hydroxylation is 2. The molecule has 2 atom stereocenters. The Hall–Kier alpha value is -0.390. The molecular weight excluding hydrogens is 236 g/mol. The van der Waals surface area contributed by atoms with Crippen molar-refractivity contribution in [2.75, 3.05) is 5.33 Å². The molecule has 13 heavy (non-hydrogen) atoms. The van der Waals surface area contributed by atoms with E-state index in [-0.39, 0.29) is 0 Å². The topological polar surface area (TPSA) is 69.1 Å². The summed E-state index contributed by atoms with van der Waals surface area (Å²) in [6.45, 7) is 3.61. The Bertz CT molecular complexity index is 268. The van der Waals surface area contributed by atoms with Crippen molar-refractivity contribution in [3.05, 3.63) is 17.0 Å². The lowest BCUT2D eigenvalue weighted by atomic mass is 10.0. The van der Waals surface area contributed by atoms with Crippen molar-refractivity contribution in [2.45, 2.75) is 26.1 Å². The molecule has 4 nitrogen and oxygen atoms in total. The Kier molecular flexibility index (Phi) is 3.47. The van der Waals surface area contributed by atoms with E-state index in [9.17, 15) is 10.2 Å². The molecule has 1 heterocycles. The maximum atomic E-state index is 9.70. The molecule has 5 heteroatoms. The van der Waals surface area contributed by atoms with E-state index < -0.39 is 12.2 Å². The zero-order valence-corrected chi connectivity index (χ0v) is 9.17. The van der Waals surface area contributed by atoms with E-state index in [1.807, 2.05) is 6.92 Å². The SMILES string of the molecule is Cc1n[nH]c(C)c1C(O)C(O)CBr. The predicted molar refractivity (Wildman–Crippen MR) is 52.8 cm³/mol. The van der Waals surface area contributed by atoms with Gasteiger partial charge in [0.25, 0.3) is 0 Å². The number of aliphatic hydroxyl groups is 2. The third-order valence-electron chi connectivity index (χ3n) is 2.00. The maximum absolute atomic E-state index is 9.70. The number of alkyl halides is 1. The van der Waals surface area contributed by atoms with Gasteiger partial charge in [-0.3, -0.25) is 5.10 Å². The highest BCUT2D eigenvalue weighted by molar-refractivity contribution is 9.09. The molecule has 0 saturated heterocycles. The molecule has 0 fully saturated rings. The van der Waals surface area contributed by atoms with Gasteiger partial charge in [0.05, 0.1) is 11.8 Å². The Morgan fingerprint density at radius 1 is 1.46 bits per heavy atom. The number of H-pyrrole nitrogens is 1. The van der Waals surface area contributed by atoms with Gasteiger partial charge in [-0.1, -0.05) is 15.9 Å². The standard InChI is InChI=1S/C8H13BrN2O2/c1-4-7(5(2)11-10-4)8(13)6(12)3-9/h6,8,12-13H,3H2,1-2H3,(H,10,11). The monoisotopic (exact) mass is 248 g/mol. The molecule has 3 N–H and O–H groups in total. The van der Waals surface area contributed by atoms with Gasteiger partial charge in [0.15, 0.2) is 0 Å². The van der Waals surface area contributed by atoms with E-state index in [4.69, 9.17) is 0 Å². The average molecular weight is 249 g/mol. The smallest absolute Gasteiger partial charge is 0.109 e. The Morgan fingerprint density at radius 2 is 2.08 bits per heavy atom. The first-order valence-corrected chi connectivity index (χ1v) is 5.13. The highest BCUT2D eigenvalue weighted by Gasteiger charge is 2.22. The minimum atomic E-state index is -0.877. The molecular formula is C8H13BrN2O2. The summed E-state index contributed by atoms with van der Waals surface area (Å²) in [4.78, 5) is 0. The molecule has 0 spiro atoms. The number of aromatic nitrogens is 2. The molecule has 2 unspecified atom stereocenters. The van der Waals surface area contributed by atoms with E-state index in [0.29, 0.717) is 10.9 Å². The summed E-state index contributed by atoms with van der Waals surface area (Å²) in [5.74, 6) is 0. The van der Waals surface area contributed by atoms with E-state index in [1.54, 1.807) is 6.92 Å². The molecule has 0 aliphatic rings. The van der Waals surface area contributed by atoms with Crippen LogP contribution in [0.1, 0.15) is 23.1 Å². The van der Waals surface area contributed by atoms with Gasteiger partial charge in [-0.2, -0.15) is 5.10 Å². The summed E-state index contributed by atoms with van der Waals surface area (Å²) in [6, 6.07) is 0. The van der Waals surface area contributed by atoms with Gasteiger partial charge in [0.1, 0.15) is 6.10 Å². The van der Waals surface area contributed by atoms with Crippen molar-refractivity contribution in [1.82, 2.24) is 10.2 Å². The lowest BCUT2D eigenvalue weighted by Gasteiger charge is -2.15. The first-order chi connectivity index (χ1) is 6.07. The molecule has 1 aromatic heterocycles. The highest BCUT2D eigenvalue weighted by Crippen LogP contribution is 2.23. The van der Waals surface area contributed by atoms with Crippen molar-refractivity contribution in [1.29, 1.82) is 0 Å². The normalized spacial score (nSPS) is 15.8. The first kappa shape index (κ1) is 10.7. The summed E-state index contributed by atoms with van der Waals surface area (Å²) < 4.78 is 0. The van der Waals surface area contributed by atoms with Crippen LogP contribution in [0.5, 0.6) is 0 Å². The van der Waals surface area contributed by atoms with E-state index in [0.717, 1.165) is 11.4 Å². The van der Waals surface area contributed by atoms with Crippen LogP contribution in [0, 0.1) is 13.8 Å². The van der Waals surface area contributed by atoms with Crippen molar-refractivity contribution >= 4 is 15.9 Å². The Balaban J connectivity index is 2.93. The van der Waals surface area contributed by atoms with E-state index in [2.05, 4.69) is 26.1 Å². The average Bonchev–Trinajstić information content (AvgIpc) is 2.44. The minimum absolute atomic E-state index is 0.345. The van der Waals surface area contributed by atoms with E-state index >= 15 is 0 Å². The third-order valence-corrected chi connectivity index (χ3v) is 2.67. The summed E-state index contributed by atoms with van der Waals surface area (Å²) in [5, 5.41) is 26.2. The van der Waals surface area contributed by atoms with Crippen LogP contribution in [-0.2, 0) is 0 Å². The van der Waals surface area contributed by atoms with Crippen molar-refractivity contribution in [3.63, 3.8) is 0 Å². The number of aromatic amines is 1. The lowest BCUT2D eigenvalue weighted by Crippen LogP contribution is -2.20. The van der Waals surface area contributed by atoms with Gasteiger partial charge in [-0.25, -0.2) is 0 Å². The summed E-state index contributed by atoms with van der Waals surface area (Å²) in [6.07, 6.45) is -1.67. The number of aliphatic hydroxyl groups excluding tert-OH is 2. The Labute approximate surface area is 85.1 Å². The minimum Gasteiger partial charge on any atom is -0.389 e. The summed E-state index contributed by atoms with van der Waals surface area (Å²) in [5.41, 5.74) is 2.21. The third kappa shape index (κ3) is 2.10. The molecule has 0 saturated carbocycles. The number of hydrogen-bond donors (Lipinski definition) is 3. The van der Waals surface area contributed by atoms with Crippen molar-refractivity contribution in [3.8, 4) is 0 Å². The van der Waals surface area contributed by atoms with Gasteiger partial charge in [-0.15, -0.1) is 0 Å². The van der Waals surface area contributed by atoms with Crippen LogP contribution in [0.2, 0.25) is 0 Å². The number of nitrogens with zero attached hydrogens (tertiary/aromatic N) is 1. The van der Waals surface area contributed by atoms with Gasteiger partial charge >= 0.3 is 0 Å². The summed E-state index contributed by atoms with van der Waals surface area (Å²) >= 11 is 3.11. The van der Waals surface area contributed by atoms with Crippen molar-refractivity contribution in [2.24, 2.45) is 0 Å². The number of rotatable bonds is 3. The molecule has 1 aromatic rings. The van der Waals surface area contributed by atoms with Crippen LogP contribution in [-0.4, -0.2) is 31.8 Å². The van der Waals surface area contributed by atoms with Gasteiger partial charge < -0.3 is 10.2 Å². The quantitative estimate of drug-likeness (QED) is 0.694. The maximum Gasteiger partial charge on any atom is 0.109 e. The van der Waals surface area contributed by atoms with Crippen LogP contribution in [0.3, 0.4) is 0 Å². The number of halogens is 1. The number of nitrogens with one attached hydrogen (secondary N) is 1. The molecule has 0 amide bonds. The molecule has 0 aliphatic carbocycles. The predicted octanol–water partition coefficient (Wildman–Crippen LogP) is 0.816. The second-order valence-corrected chi connectivity index (χ2v) is 3.66. The fourth-order valence-corrected chi connectivity index (χ4v) is 1.63. The zero-order valence-electron chi connectivity index (χ0n) is 7.58. The largest absolute Gasteiger partial charge is 0.389 e. The molecule has 0 aromatic carbocycles. The van der Waals surface area contributed by atoms with Crippen LogP contribution < -0.4 is 0 Å². The number of hydrogen-bond acceptors (Lipinski definition) is 3. The van der Waals surface area contributed by atoms with Crippen LogP contribution in [0.15, 0.2) is 0 Å². The van der Waals surface area contributed by atoms with Crippen molar-refractivity contribution < 1.29 is 10.2 Å². The Morgan fingerprint density at radius 3 is 2.46 bits per heavy atom. The fraction of sp³-hybridized carbons (Fsp3) is 0.625. The molecule has 0 radical (unpaired) electrons. The van der Waals surface area contributed by atoms with E-state index in [1.165, 1.54) is 0 Å². The zero-order chi connectivity index (χ0) is 10.0. The van der Waals surface area contributed by atoms with Gasteiger partial charge in [0.2, 0.25) is 0 Å². The molecule has 1 rings (SSSR count). The van der Waals surface area contributed by atoms with Gasteiger partial charge in [-0.05, 0) is 13.8 Å². The van der Waals surface area contributed by atoms with Crippen LogP contribution in [0.25, 0.3) is 0 Å². The first-order valence-electron chi connectivity index (χ1n) is 4.01. The summed E-state index contributed by atoms with van der Waals surface area (Å²) in [7, 11) is 0. The molecule has 74 valence electrons. The van der Waals surface area contributed by atoms with Crippen LogP contribution >= 0.6 is 15.9 Å². The highest BCUT2D eigenvalue weighted by atomic mass is 79.9. The second-order valence-electron chi connectivity index (χ2n) is 3.01. The lowest BCUT2D eigenvalue weighted by molar-refractivity contribution is 0.0335. The van der Waals surface area contributed by atoms with Gasteiger partial charge in [0, 0.05) is 16.6 Å². The molecule has 0 aliphatic heterocycles. The fourth-order valence-electron chi connectivity index (χ4n) is 1.27. The molecule has 0 bridgehead atoms. The second kappa shape index (κ2) is 4.21. The van der Waals surface area contributed by atoms with Crippen LogP contribution in [0.4, 0.5) is 0 Å².